The summed E-state index contributed by atoms with van der Waals surface area (Å²) in [7, 11) is 0. The van der Waals surface area contributed by atoms with Gasteiger partial charge in [0.25, 0.3) is 0 Å². The summed E-state index contributed by atoms with van der Waals surface area (Å²) in [4.78, 5) is 5.02. The van der Waals surface area contributed by atoms with Crippen molar-refractivity contribution in [2.75, 3.05) is 23.0 Å². The van der Waals surface area contributed by atoms with Gasteiger partial charge < -0.3 is 37.9 Å². The van der Waals surface area contributed by atoms with Gasteiger partial charge in [0.05, 0.1) is 67.2 Å². The molecule has 3 aliphatic rings. The van der Waals surface area contributed by atoms with E-state index in [0.717, 1.165) is 175 Å². The first-order valence-electron chi connectivity index (χ1n) is 52.5. The highest BCUT2D eigenvalue weighted by atomic mass is 16.5. The Balaban J connectivity index is 0.421. The maximum atomic E-state index is 6.41. The van der Waals surface area contributed by atoms with Crippen molar-refractivity contribution in [1.82, 2.24) is 9.13 Å². The van der Waals surface area contributed by atoms with Crippen molar-refractivity contribution in [2.45, 2.75) is 140 Å². The number of para-hydroxylation sites is 3. The van der Waals surface area contributed by atoms with Crippen LogP contribution in [-0.4, -0.2) is 27.9 Å². The maximum Gasteiger partial charge on any atom is 0.119 e. The van der Waals surface area contributed by atoms with Crippen LogP contribution in [0.2, 0.25) is 0 Å². The highest BCUT2D eigenvalue weighted by Gasteiger charge is 2.47. The van der Waals surface area contributed by atoms with Crippen molar-refractivity contribution >= 4 is 78.1 Å². The minimum absolute atomic E-state index is 0.324. The van der Waals surface area contributed by atoms with Crippen LogP contribution in [0.5, 0.6) is 11.5 Å². The first-order valence-corrected chi connectivity index (χ1v) is 52.5. The monoisotopic (exact) mass is 1900 g/mol. The lowest BCUT2D eigenvalue weighted by Crippen LogP contribution is -2.42. The van der Waals surface area contributed by atoms with Crippen molar-refractivity contribution in [2.24, 2.45) is 0 Å². The molecule has 2 heterocycles. The van der Waals surface area contributed by atoms with E-state index in [1.807, 2.05) is 18.2 Å². The fraction of sp³-hybridized carbons (Fsp3) is 0.174. The number of hydrogen-bond donors (Lipinski definition) is 0. The first-order chi connectivity index (χ1) is 72.1. The van der Waals surface area contributed by atoms with E-state index < -0.39 is 0 Å². The first kappa shape index (κ1) is 93.5. The fourth-order valence-electron chi connectivity index (χ4n) is 23.6. The Morgan fingerprint density at radius 2 is 0.705 bits per heavy atom. The van der Waals surface area contributed by atoms with Gasteiger partial charge in [-0.15, -0.1) is 0 Å². The molecule has 718 valence electrons. The third-order valence-electron chi connectivity index (χ3n) is 30.8. The van der Waals surface area contributed by atoms with Crippen LogP contribution >= 0.6 is 0 Å². The second-order valence-corrected chi connectivity index (χ2v) is 40.0. The molecule has 20 aromatic rings. The van der Waals surface area contributed by atoms with Gasteiger partial charge in [-0.3, -0.25) is 0 Å². The zero-order valence-electron chi connectivity index (χ0n) is 83.4. The molecule has 3 unspecified atom stereocenters. The Morgan fingerprint density at radius 3 is 1.18 bits per heavy atom. The second-order valence-electron chi connectivity index (χ2n) is 40.0. The molecule has 18 aromatic carbocycles. The zero-order valence-corrected chi connectivity index (χ0v) is 83.4. The summed E-state index contributed by atoms with van der Waals surface area (Å²) in [6.07, 6.45) is 24.8. The van der Waals surface area contributed by atoms with Crippen LogP contribution < -0.4 is 19.3 Å². The van der Waals surface area contributed by atoms with E-state index in [1.54, 1.807) is 0 Å². The number of benzene rings is 18. The second kappa shape index (κ2) is 42.1. The van der Waals surface area contributed by atoms with Gasteiger partial charge in [0, 0.05) is 72.2 Å². The molecule has 8 heteroatoms. The highest BCUT2D eigenvalue weighted by molar-refractivity contribution is 6.12. The van der Waals surface area contributed by atoms with E-state index >= 15 is 0 Å². The van der Waals surface area contributed by atoms with Crippen LogP contribution in [0.15, 0.2) is 462 Å². The van der Waals surface area contributed by atoms with Crippen molar-refractivity contribution < 1.29 is 18.9 Å². The van der Waals surface area contributed by atoms with Gasteiger partial charge in [0.2, 0.25) is 0 Å². The Hall–Kier alpha value is -16.1. The molecule has 0 fully saturated rings. The van der Waals surface area contributed by atoms with Crippen LogP contribution in [-0.2, 0) is 53.2 Å². The van der Waals surface area contributed by atoms with Crippen molar-refractivity contribution in [1.29, 1.82) is 0 Å². The molecule has 0 bridgehead atoms. The molecule has 0 amide bonds. The fourth-order valence-corrected chi connectivity index (χ4v) is 23.6. The lowest BCUT2D eigenvalue weighted by atomic mass is 9.69. The summed E-state index contributed by atoms with van der Waals surface area (Å²) in [5.74, 6) is 1.87. The number of fused-ring (bicyclic) bond motifs is 12. The number of nitrogens with zero attached hydrogens (tertiary/aromatic N) is 4. The van der Waals surface area contributed by atoms with Gasteiger partial charge in [-0.05, 0) is 302 Å². The summed E-state index contributed by atoms with van der Waals surface area (Å²) in [6, 6.07) is 160. The average Bonchev–Trinajstić information content (AvgIpc) is 1.55. The number of unbranched alkanes of at least 4 members (excludes halogenated alkanes) is 6. The predicted molar refractivity (Wildman–Crippen MR) is 608 cm³/mol. The third-order valence-corrected chi connectivity index (χ3v) is 30.8. The van der Waals surface area contributed by atoms with Gasteiger partial charge in [-0.1, -0.05) is 374 Å². The lowest BCUT2D eigenvalue weighted by Gasteiger charge is -2.42. The van der Waals surface area contributed by atoms with Crippen LogP contribution in [0.1, 0.15) is 158 Å². The van der Waals surface area contributed by atoms with Crippen molar-refractivity contribution in [3.8, 4) is 67.4 Å². The van der Waals surface area contributed by atoms with E-state index in [4.69, 9.17) is 18.9 Å². The molecule has 0 saturated heterocycles. The van der Waals surface area contributed by atoms with Gasteiger partial charge in [0.1, 0.15) is 11.5 Å². The Labute approximate surface area is 859 Å². The quantitative estimate of drug-likeness (QED) is 0.0358. The normalized spacial score (nSPS) is 15.4. The number of rotatable bonds is 39. The van der Waals surface area contributed by atoms with Crippen molar-refractivity contribution in [3.63, 3.8) is 0 Å². The number of aromatic nitrogens is 2. The number of aryl methyl sites for hydroxylation is 1. The van der Waals surface area contributed by atoms with Crippen molar-refractivity contribution in [3.05, 3.63) is 528 Å². The standard InChI is InChI=1S/C138H122N4O4/c1-4-34-100-59-79-119(80-60-100)146-90-33-8-6-30-87-137(109-35-14-10-15-36-109)128-45-24-20-41-120(128)122-81-75-116(93-130(122)137)139(111-39-18-12-19-40-111)112-71-61-105(62-72-112)107-65-83-134-126(91-107)124-43-22-26-47-132(124)140(134)113-67-53-103(54-68-113)97-143-95-101-49-51-102(52-50-101)96-144-98-104-55-69-114(70-56-104)141-133-48-27-23-44-125(133)127-92-108(66-84-135(127)141)106-63-73-115(74-64-106)142(136(3)85-28-13-29-86-136)117-76-82-123-121-42-21-25-46-129(121)138(131(123)94-117,110-37-16-11-17-38-110)88-31-7-9-32-89-145-118-77-57-99(5-2)58-78-118/h5,10-29,35-85,91-94H,2,4,6-9,30-34,86-90,95-98H2,1,3H3. The summed E-state index contributed by atoms with van der Waals surface area (Å²) in [6.45, 7) is 12.0. The van der Waals surface area contributed by atoms with Crippen LogP contribution in [0.3, 0.4) is 0 Å². The van der Waals surface area contributed by atoms with Gasteiger partial charge in [0.15, 0.2) is 0 Å². The van der Waals surface area contributed by atoms with E-state index in [9.17, 15) is 0 Å². The molecule has 0 saturated carbocycles. The molecule has 3 aliphatic carbocycles. The molecule has 0 aliphatic heterocycles. The Kier molecular flexibility index (Phi) is 26.9. The summed E-state index contributed by atoms with van der Waals surface area (Å²) < 4.78 is 30.1. The molecule has 146 heavy (non-hydrogen) atoms. The predicted octanol–water partition coefficient (Wildman–Crippen LogP) is 35.8. The molecule has 8 nitrogen and oxygen atoms in total. The topological polar surface area (TPSA) is 53.3 Å². The average molecular weight is 1900 g/mol. The molecule has 2 aromatic heterocycles. The summed E-state index contributed by atoms with van der Waals surface area (Å²) in [5.41, 5.74) is 36.7. The maximum absolute atomic E-state index is 6.41. The number of allylic oxidation sites excluding steroid dienone is 2. The van der Waals surface area contributed by atoms with E-state index in [-0.39, 0.29) is 16.4 Å². The zero-order chi connectivity index (χ0) is 98.2. The summed E-state index contributed by atoms with van der Waals surface area (Å²) in [5, 5.41) is 4.87. The number of anilines is 5. The minimum Gasteiger partial charge on any atom is -0.494 e. The summed E-state index contributed by atoms with van der Waals surface area (Å²) >= 11 is 0. The van der Waals surface area contributed by atoms with Crippen LogP contribution in [0.4, 0.5) is 28.4 Å². The van der Waals surface area contributed by atoms with Crippen LogP contribution in [0, 0.1) is 0 Å². The highest BCUT2D eigenvalue weighted by Crippen LogP contribution is 2.59. The smallest absolute Gasteiger partial charge is 0.119 e. The molecular weight excluding hydrogens is 1780 g/mol. The van der Waals surface area contributed by atoms with E-state index in [0.29, 0.717) is 33.0 Å². The van der Waals surface area contributed by atoms with Gasteiger partial charge in [-0.25, -0.2) is 0 Å². The molecule has 0 N–H and O–H groups in total. The molecule has 3 atom stereocenters. The van der Waals surface area contributed by atoms with E-state index in [1.165, 1.54) is 122 Å². The molecule has 23 rings (SSSR count). The minimum atomic E-state index is -0.328. The Morgan fingerprint density at radius 1 is 0.315 bits per heavy atom. The Bertz CT molecular complexity index is 8090. The third kappa shape index (κ3) is 18.6. The van der Waals surface area contributed by atoms with Gasteiger partial charge in [-0.2, -0.15) is 0 Å². The van der Waals surface area contributed by atoms with Gasteiger partial charge >= 0.3 is 0 Å². The van der Waals surface area contributed by atoms with Crippen LogP contribution in [0.25, 0.3) is 106 Å². The molecular formula is C138H122N4O4. The molecule has 0 radical (unpaired) electrons. The number of hydrogen-bond acceptors (Lipinski definition) is 6. The SMILES string of the molecule is C=Cc1ccc(OCCCCCCC2(c3ccccc3)c3ccccc3-c3ccc(N(c4ccc(-c5ccc6c(c5)c5ccccc5n6-c5ccc(COCc6ccc(COCc7ccc(-n8c9ccccc9c9cc(-c%10ccc(N(c%11ccccc%11)c%11ccc%12c(c%11)C(CCCCCCOc%11ccc(CCC)cc%11)(c%11ccccc%11)c%11ccccc%11-%12)cc%10)ccc98)cc7)cc6)cc5)cc4)C4(C)C=CC=CC4)cc32)cc1. The number of ether oxygens (including phenoxy) is 4. The van der Waals surface area contributed by atoms with E-state index in [2.05, 4.69) is 482 Å². The lowest BCUT2D eigenvalue weighted by molar-refractivity contribution is 0.105. The largest absolute Gasteiger partial charge is 0.494 e. The molecule has 0 spiro atoms.